The van der Waals surface area contributed by atoms with Crippen LogP contribution in [0, 0.1) is 6.92 Å². The zero-order valence-corrected chi connectivity index (χ0v) is 15.1. The number of anilines is 1. The van der Waals surface area contributed by atoms with Crippen LogP contribution in [0.1, 0.15) is 26.5 Å². The van der Waals surface area contributed by atoms with Gasteiger partial charge in [-0.2, -0.15) is 0 Å². The molecular weight excluding hydrogens is 344 g/mol. The first kappa shape index (κ1) is 18.3. The Morgan fingerprint density at radius 1 is 1.00 bits per heavy atom. The lowest BCUT2D eigenvalue weighted by Gasteiger charge is -2.21. The van der Waals surface area contributed by atoms with Gasteiger partial charge in [0, 0.05) is 5.56 Å². The molecule has 27 heavy (non-hydrogen) atoms. The molecule has 2 aromatic carbocycles. The maximum Gasteiger partial charge on any atom is 0.288 e. The molecule has 1 amide bonds. The summed E-state index contributed by atoms with van der Waals surface area (Å²) in [6.45, 7) is 1.94. The van der Waals surface area contributed by atoms with Gasteiger partial charge in [-0.05, 0) is 31.2 Å². The Kier molecular flexibility index (Phi) is 5.56. The van der Waals surface area contributed by atoms with Crippen LogP contribution in [0.4, 0.5) is 5.69 Å². The summed E-state index contributed by atoms with van der Waals surface area (Å²) in [5.41, 5.74) is 2.11. The van der Waals surface area contributed by atoms with Gasteiger partial charge in [-0.25, -0.2) is 0 Å². The Balaban J connectivity index is 1.89. The summed E-state index contributed by atoms with van der Waals surface area (Å²) in [6, 6.07) is 17.5. The largest absolute Gasteiger partial charge is 0.495 e. The number of benzene rings is 2. The van der Waals surface area contributed by atoms with Crippen molar-refractivity contribution in [1.29, 1.82) is 0 Å². The highest BCUT2D eigenvalue weighted by molar-refractivity contribution is 6.05. The molecule has 1 aromatic heterocycles. The fourth-order valence-corrected chi connectivity index (χ4v) is 2.58. The van der Waals surface area contributed by atoms with Crippen LogP contribution in [0.3, 0.4) is 0 Å². The second kappa shape index (κ2) is 8.23. The number of Topliss-reactive ketones (excluding diaryl/α,β-unsaturated/α-hetero) is 1. The number of methoxy groups -OCH3 is 1. The molecule has 6 heteroatoms. The molecule has 3 aromatic rings. The van der Waals surface area contributed by atoms with Crippen LogP contribution in [0.5, 0.6) is 5.75 Å². The number of aryl methyl sites for hydroxylation is 1. The quantitative estimate of drug-likeness (QED) is 0.494. The minimum absolute atomic E-state index is 0.124. The number of amides is 1. The first-order valence-electron chi connectivity index (χ1n) is 8.43. The number of hydrogen-bond acceptors (Lipinski definition) is 5. The van der Waals surface area contributed by atoms with Crippen molar-refractivity contribution in [3.8, 4) is 5.75 Å². The SMILES string of the molecule is COc1ccccc1N[C@H](NC(=O)c1ccco1)C(=O)c1ccc(C)cc1. The molecule has 0 unspecified atom stereocenters. The third-order valence-electron chi connectivity index (χ3n) is 4.03. The van der Waals surface area contributed by atoms with E-state index in [1.807, 2.05) is 31.2 Å². The van der Waals surface area contributed by atoms with Gasteiger partial charge >= 0.3 is 0 Å². The maximum absolute atomic E-state index is 13.0. The van der Waals surface area contributed by atoms with Crippen molar-refractivity contribution in [2.45, 2.75) is 13.1 Å². The van der Waals surface area contributed by atoms with Crippen LogP contribution in [-0.4, -0.2) is 25.0 Å². The van der Waals surface area contributed by atoms with E-state index in [1.54, 1.807) is 37.4 Å². The van der Waals surface area contributed by atoms with Crippen molar-refractivity contribution in [2.75, 3.05) is 12.4 Å². The van der Waals surface area contributed by atoms with Gasteiger partial charge in [0.05, 0.1) is 19.1 Å². The Hall–Kier alpha value is -3.54. The standard InChI is InChI=1S/C21H20N2O4/c1-14-9-11-15(12-10-14)19(24)20(23-21(25)18-8-5-13-27-18)22-16-6-3-4-7-17(16)26-2/h3-13,20,22H,1-2H3,(H,23,25)/t20-/m1/s1. The first-order chi connectivity index (χ1) is 13.1. The molecule has 138 valence electrons. The maximum atomic E-state index is 13.0. The molecule has 6 nitrogen and oxygen atoms in total. The monoisotopic (exact) mass is 364 g/mol. The number of carbonyl (C=O) groups is 2. The third-order valence-corrected chi connectivity index (χ3v) is 4.03. The number of hydrogen-bond donors (Lipinski definition) is 2. The summed E-state index contributed by atoms with van der Waals surface area (Å²) in [7, 11) is 1.54. The van der Waals surface area contributed by atoms with Gasteiger partial charge in [0.25, 0.3) is 5.91 Å². The topological polar surface area (TPSA) is 80.6 Å². The molecule has 1 atom stereocenters. The van der Waals surface area contributed by atoms with Gasteiger partial charge in [-0.1, -0.05) is 42.0 Å². The molecular formula is C21H20N2O4. The van der Waals surface area contributed by atoms with E-state index < -0.39 is 12.1 Å². The van der Waals surface area contributed by atoms with Gasteiger partial charge in [-0.3, -0.25) is 9.59 Å². The number of ketones is 1. The zero-order chi connectivity index (χ0) is 19.2. The number of carbonyl (C=O) groups excluding carboxylic acids is 2. The Morgan fingerprint density at radius 2 is 1.74 bits per heavy atom. The van der Waals surface area contributed by atoms with E-state index in [0.717, 1.165) is 5.56 Å². The molecule has 2 N–H and O–H groups in total. The number of para-hydroxylation sites is 2. The first-order valence-corrected chi connectivity index (χ1v) is 8.43. The predicted octanol–water partition coefficient (Wildman–Crippen LogP) is 3.65. The Labute approximate surface area is 157 Å². The second-order valence-electron chi connectivity index (χ2n) is 5.96. The second-order valence-corrected chi connectivity index (χ2v) is 5.96. The normalized spacial score (nSPS) is 11.5. The predicted molar refractivity (Wildman–Crippen MR) is 102 cm³/mol. The van der Waals surface area contributed by atoms with Crippen LogP contribution in [0.2, 0.25) is 0 Å². The summed E-state index contributed by atoms with van der Waals surface area (Å²) in [5, 5.41) is 5.74. The smallest absolute Gasteiger partial charge is 0.288 e. The van der Waals surface area contributed by atoms with Gasteiger partial charge in [0.2, 0.25) is 5.78 Å². The summed E-state index contributed by atoms with van der Waals surface area (Å²) < 4.78 is 10.4. The summed E-state index contributed by atoms with van der Waals surface area (Å²) in [4.78, 5) is 25.4. The van der Waals surface area contributed by atoms with E-state index in [2.05, 4.69) is 10.6 Å². The van der Waals surface area contributed by atoms with Crippen LogP contribution in [-0.2, 0) is 0 Å². The molecule has 0 bridgehead atoms. The minimum Gasteiger partial charge on any atom is -0.495 e. The van der Waals surface area contributed by atoms with Crippen molar-refractivity contribution in [3.05, 3.63) is 83.8 Å². The fraction of sp³-hybridized carbons (Fsp3) is 0.143. The van der Waals surface area contributed by atoms with E-state index in [0.29, 0.717) is 17.0 Å². The van der Waals surface area contributed by atoms with Crippen molar-refractivity contribution in [1.82, 2.24) is 5.32 Å². The Morgan fingerprint density at radius 3 is 2.41 bits per heavy atom. The van der Waals surface area contributed by atoms with Gasteiger partial charge in [0.15, 0.2) is 11.9 Å². The number of ether oxygens (including phenoxy) is 1. The average molecular weight is 364 g/mol. The number of rotatable bonds is 7. The molecule has 3 rings (SSSR count). The number of furan rings is 1. The lowest BCUT2D eigenvalue weighted by molar-refractivity contribution is 0.0852. The fourth-order valence-electron chi connectivity index (χ4n) is 2.58. The molecule has 0 saturated carbocycles. The van der Waals surface area contributed by atoms with Gasteiger partial charge in [0.1, 0.15) is 5.75 Å². The van der Waals surface area contributed by atoms with Crippen molar-refractivity contribution in [2.24, 2.45) is 0 Å². The molecule has 0 radical (unpaired) electrons. The highest BCUT2D eigenvalue weighted by Gasteiger charge is 2.24. The third kappa shape index (κ3) is 4.36. The van der Waals surface area contributed by atoms with E-state index in [9.17, 15) is 9.59 Å². The van der Waals surface area contributed by atoms with Crippen molar-refractivity contribution < 1.29 is 18.7 Å². The average Bonchev–Trinajstić information content (AvgIpc) is 3.23. The lowest BCUT2D eigenvalue weighted by atomic mass is 10.1. The van der Waals surface area contributed by atoms with Crippen molar-refractivity contribution in [3.63, 3.8) is 0 Å². The van der Waals surface area contributed by atoms with E-state index in [-0.39, 0.29) is 11.5 Å². The summed E-state index contributed by atoms with van der Waals surface area (Å²) in [6.07, 6.45) is 0.404. The molecule has 0 spiro atoms. The van der Waals surface area contributed by atoms with E-state index >= 15 is 0 Å². The highest BCUT2D eigenvalue weighted by Crippen LogP contribution is 2.24. The Bertz CT molecular complexity index is 918. The van der Waals surface area contributed by atoms with E-state index in [4.69, 9.17) is 9.15 Å². The summed E-state index contributed by atoms with van der Waals surface area (Å²) in [5.74, 6) is -0.0846. The molecule has 0 fully saturated rings. The molecule has 0 aliphatic rings. The van der Waals surface area contributed by atoms with Crippen molar-refractivity contribution >= 4 is 17.4 Å². The molecule has 0 aliphatic carbocycles. The zero-order valence-electron chi connectivity index (χ0n) is 15.1. The molecule has 0 aliphatic heterocycles. The molecule has 1 heterocycles. The molecule has 0 saturated heterocycles. The highest BCUT2D eigenvalue weighted by atomic mass is 16.5. The van der Waals surface area contributed by atoms with E-state index in [1.165, 1.54) is 12.3 Å². The van der Waals surface area contributed by atoms with Crippen LogP contribution >= 0.6 is 0 Å². The van der Waals surface area contributed by atoms with Crippen LogP contribution < -0.4 is 15.4 Å². The van der Waals surface area contributed by atoms with Crippen LogP contribution in [0.15, 0.2) is 71.3 Å². The summed E-state index contributed by atoms with van der Waals surface area (Å²) >= 11 is 0. The number of nitrogens with one attached hydrogen (secondary N) is 2. The van der Waals surface area contributed by atoms with Crippen LogP contribution in [0.25, 0.3) is 0 Å². The lowest BCUT2D eigenvalue weighted by Crippen LogP contribution is -2.46. The van der Waals surface area contributed by atoms with Gasteiger partial charge < -0.3 is 19.8 Å². The van der Waals surface area contributed by atoms with Gasteiger partial charge in [-0.15, -0.1) is 0 Å². The minimum atomic E-state index is -0.999.